The molecule has 1 aromatic carbocycles. The fourth-order valence-corrected chi connectivity index (χ4v) is 2.42. The number of hydrazone groups is 1. The first-order valence-corrected chi connectivity index (χ1v) is 8.09. The lowest BCUT2D eigenvalue weighted by atomic mass is 10.3. The topological polar surface area (TPSA) is 125 Å². The maximum absolute atomic E-state index is 11.7. The van der Waals surface area contributed by atoms with Gasteiger partial charge in [-0.2, -0.15) is 15.6 Å². The van der Waals surface area contributed by atoms with Gasteiger partial charge in [-0.1, -0.05) is 22.5 Å². The first-order chi connectivity index (χ1) is 11.9. The van der Waals surface area contributed by atoms with E-state index in [4.69, 9.17) is 15.3 Å². The summed E-state index contributed by atoms with van der Waals surface area (Å²) in [5, 5.41) is 21.1. The molecule has 0 radical (unpaired) electrons. The first kappa shape index (κ1) is 20.4. The molecule has 0 unspecified atom stereocenters. The second kappa shape index (κ2) is 10.2. The van der Waals surface area contributed by atoms with Crippen LogP contribution in [0.3, 0.4) is 0 Å². The van der Waals surface area contributed by atoms with Gasteiger partial charge in [0.25, 0.3) is 0 Å². The zero-order valence-corrected chi connectivity index (χ0v) is 15.8. The van der Waals surface area contributed by atoms with Gasteiger partial charge in [0.2, 0.25) is 5.71 Å². The highest BCUT2D eigenvalue weighted by Crippen LogP contribution is 2.26. The molecule has 1 N–H and O–H groups in total. The molecule has 0 atom stereocenters. The SMILES string of the molecule is C=C(C#N)C(=O)OCCOC(=O)/C(C#N)=N/Nc1ccc(Br)cc1Br. The number of nitrogens with one attached hydrogen (secondary N) is 1. The number of esters is 2. The van der Waals surface area contributed by atoms with Crippen LogP contribution in [0.1, 0.15) is 0 Å². The quantitative estimate of drug-likeness (QED) is 0.162. The molecule has 0 amide bonds. The normalized spacial score (nSPS) is 10.2. The number of nitrogens with zero attached hydrogens (tertiary/aromatic N) is 3. The van der Waals surface area contributed by atoms with Crippen molar-refractivity contribution in [2.24, 2.45) is 5.10 Å². The van der Waals surface area contributed by atoms with Crippen molar-refractivity contribution in [1.29, 1.82) is 10.5 Å². The van der Waals surface area contributed by atoms with Crippen molar-refractivity contribution >= 4 is 55.2 Å². The summed E-state index contributed by atoms with van der Waals surface area (Å²) >= 11 is 6.59. The van der Waals surface area contributed by atoms with Gasteiger partial charge in [0.1, 0.15) is 30.9 Å². The lowest BCUT2D eigenvalue weighted by molar-refractivity contribution is -0.145. The molecule has 0 aromatic heterocycles. The summed E-state index contributed by atoms with van der Waals surface area (Å²) in [6, 6.07) is 8.31. The number of carbonyl (C=O) groups excluding carboxylic acids is 2. The van der Waals surface area contributed by atoms with E-state index in [1.807, 2.05) is 0 Å². The van der Waals surface area contributed by atoms with Crippen molar-refractivity contribution in [1.82, 2.24) is 0 Å². The van der Waals surface area contributed by atoms with Gasteiger partial charge in [0.05, 0.1) is 5.69 Å². The summed E-state index contributed by atoms with van der Waals surface area (Å²) in [6.07, 6.45) is 0. The summed E-state index contributed by atoms with van der Waals surface area (Å²) < 4.78 is 10.9. The van der Waals surface area contributed by atoms with E-state index in [-0.39, 0.29) is 18.8 Å². The molecule has 1 rings (SSSR count). The number of rotatable bonds is 7. The van der Waals surface area contributed by atoms with Crippen LogP contribution >= 0.6 is 31.9 Å². The number of benzene rings is 1. The fraction of sp³-hybridized carbons (Fsp3) is 0.133. The third-order valence-electron chi connectivity index (χ3n) is 2.45. The number of carbonyl (C=O) groups is 2. The predicted molar refractivity (Wildman–Crippen MR) is 95.2 cm³/mol. The highest BCUT2D eigenvalue weighted by Gasteiger charge is 2.14. The van der Waals surface area contributed by atoms with Gasteiger partial charge in [-0.25, -0.2) is 9.59 Å². The van der Waals surface area contributed by atoms with E-state index >= 15 is 0 Å². The molecule has 0 aliphatic carbocycles. The summed E-state index contributed by atoms with van der Waals surface area (Å²) in [4.78, 5) is 22.9. The summed E-state index contributed by atoms with van der Waals surface area (Å²) in [5.41, 5.74) is 2.22. The standard InChI is InChI=1S/C15H10Br2N4O4/c1-9(7-18)14(22)24-4-5-25-15(23)13(8-19)21-20-12-3-2-10(16)6-11(12)17/h2-3,6,20H,1,4-5H2/b21-13+. The largest absolute Gasteiger partial charge is 0.458 e. The molecule has 8 nitrogen and oxygen atoms in total. The van der Waals surface area contributed by atoms with Crippen molar-refractivity contribution in [3.8, 4) is 12.1 Å². The van der Waals surface area contributed by atoms with E-state index in [1.165, 1.54) is 6.07 Å². The Kier molecular flexibility index (Phi) is 8.33. The Labute approximate surface area is 160 Å². The third kappa shape index (κ3) is 6.75. The monoisotopic (exact) mass is 468 g/mol. The van der Waals surface area contributed by atoms with E-state index < -0.39 is 17.7 Å². The van der Waals surface area contributed by atoms with E-state index in [2.05, 4.69) is 53.7 Å². The summed E-state index contributed by atoms with van der Waals surface area (Å²) in [6.45, 7) is 2.59. The molecule has 0 saturated carbocycles. The van der Waals surface area contributed by atoms with E-state index in [0.29, 0.717) is 10.2 Å². The van der Waals surface area contributed by atoms with Crippen molar-refractivity contribution in [3.63, 3.8) is 0 Å². The predicted octanol–water partition coefficient (Wildman–Crippen LogP) is 2.67. The average Bonchev–Trinajstić information content (AvgIpc) is 2.59. The van der Waals surface area contributed by atoms with Crippen LogP contribution in [0.4, 0.5) is 5.69 Å². The molecule has 128 valence electrons. The molecule has 10 heteroatoms. The molecule has 0 heterocycles. The Balaban J connectivity index is 2.54. The van der Waals surface area contributed by atoms with Crippen molar-refractivity contribution < 1.29 is 19.1 Å². The minimum absolute atomic E-state index is 0.282. The molecule has 25 heavy (non-hydrogen) atoms. The van der Waals surface area contributed by atoms with Gasteiger partial charge in [-0.15, -0.1) is 0 Å². The molecule has 1 aromatic rings. The van der Waals surface area contributed by atoms with E-state index in [0.717, 1.165) is 4.47 Å². The molecule has 0 saturated heterocycles. The Bertz CT molecular complexity index is 809. The van der Waals surface area contributed by atoms with Crippen LogP contribution in [0, 0.1) is 22.7 Å². The van der Waals surface area contributed by atoms with Gasteiger partial charge >= 0.3 is 11.9 Å². The van der Waals surface area contributed by atoms with Crippen LogP contribution in [0.15, 0.2) is 44.4 Å². The first-order valence-electron chi connectivity index (χ1n) is 6.51. The summed E-state index contributed by atoms with van der Waals surface area (Å²) in [5.74, 6) is -1.90. The van der Waals surface area contributed by atoms with Crippen LogP contribution in [0.25, 0.3) is 0 Å². The van der Waals surface area contributed by atoms with Crippen molar-refractivity contribution in [2.75, 3.05) is 18.6 Å². The minimum Gasteiger partial charge on any atom is -0.458 e. The molecule has 0 fully saturated rings. The lowest BCUT2D eigenvalue weighted by Crippen LogP contribution is -2.20. The molecule has 0 aliphatic rings. The van der Waals surface area contributed by atoms with Gasteiger partial charge in [-0.05, 0) is 34.1 Å². The highest BCUT2D eigenvalue weighted by atomic mass is 79.9. The van der Waals surface area contributed by atoms with Gasteiger partial charge in [-0.3, -0.25) is 5.43 Å². The molecule has 0 spiro atoms. The Hall–Kier alpha value is -2.69. The maximum Gasteiger partial charge on any atom is 0.369 e. The minimum atomic E-state index is -0.988. The van der Waals surface area contributed by atoms with Crippen molar-refractivity contribution in [2.45, 2.75) is 0 Å². The van der Waals surface area contributed by atoms with E-state index in [9.17, 15) is 9.59 Å². The van der Waals surface area contributed by atoms with Crippen LogP contribution in [-0.4, -0.2) is 30.9 Å². The number of nitriles is 2. The van der Waals surface area contributed by atoms with Crippen LogP contribution in [0.5, 0.6) is 0 Å². The van der Waals surface area contributed by atoms with Gasteiger partial charge in [0.15, 0.2) is 0 Å². The van der Waals surface area contributed by atoms with Crippen LogP contribution in [-0.2, 0) is 19.1 Å². The second-order valence-corrected chi connectivity index (χ2v) is 5.94. The van der Waals surface area contributed by atoms with Gasteiger partial charge in [0, 0.05) is 8.95 Å². The number of hydrogen-bond acceptors (Lipinski definition) is 8. The van der Waals surface area contributed by atoms with E-state index in [1.54, 1.807) is 24.3 Å². The van der Waals surface area contributed by atoms with Crippen LogP contribution in [0.2, 0.25) is 0 Å². The number of anilines is 1. The zero-order chi connectivity index (χ0) is 18.8. The van der Waals surface area contributed by atoms with Crippen LogP contribution < -0.4 is 5.43 Å². The second-order valence-electron chi connectivity index (χ2n) is 4.17. The molecular weight excluding hydrogens is 460 g/mol. The fourth-order valence-electron chi connectivity index (χ4n) is 1.28. The lowest BCUT2D eigenvalue weighted by Gasteiger charge is -2.06. The zero-order valence-electron chi connectivity index (χ0n) is 12.6. The summed E-state index contributed by atoms with van der Waals surface area (Å²) in [7, 11) is 0. The molecule has 0 bridgehead atoms. The Morgan fingerprint density at radius 3 is 2.36 bits per heavy atom. The number of halogens is 2. The highest BCUT2D eigenvalue weighted by molar-refractivity contribution is 9.11. The van der Waals surface area contributed by atoms with Gasteiger partial charge < -0.3 is 9.47 Å². The Morgan fingerprint density at radius 2 is 1.80 bits per heavy atom. The average molecular weight is 470 g/mol. The number of hydrogen-bond donors (Lipinski definition) is 1. The van der Waals surface area contributed by atoms with Crippen molar-refractivity contribution in [3.05, 3.63) is 39.3 Å². The third-order valence-corrected chi connectivity index (χ3v) is 3.60. The molecular formula is C15H10Br2N4O4. The molecule has 0 aliphatic heterocycles. The Morgan fingerprint density at radius 1 is 1.16 bits per heavy atom. The maximum atomic E-state index is 11.7. The number of ether oxygens (including phenoxy) is 2. The smallest absolute Gasteiger partial charge is 0.369 e.